The Bertz CT molecular complexity index is 502. The van der Waals surface area contributed by atoms with Crippen LogP contribution >= 0.6 is 11.3 Å². The van der Waals surface area contributed by atoms with Crippen LogP contribution in [-0.2, 0) is 0 Å². The minimum Gasteiger partial charge on any atom is -0.253 e. The first-order valence-corrected chi connectivity index (χ1v) is 6.47. The lowest BCUT2D eigenvalue weighted by atomic mass is 10.2. The van der Waals surface area contributed by atoms with Gasteiger partial charge in [0.2, 0.25) is 5.13 Å². The van der Waals surface area contributed by atoms with Crippen LogP contribution in [0.2, 0.25) is 0 Å². The minimum atomic E-state index is 0.830. The highest BCUT2D eigenvalue weighted by molar-refractivity contribution is 7.14. The smallest absolute Gasteiger partial charge is 0.203 e. The molecule has 4 heteroatoms. The molecule has 88 valence electrons. The Hall–Kier alpha value is -1.68. The second-order valence-corrected chi connectivity index (χ2v) is 4.57. The number of thiazole rings is 1. The first-order chi connectivity index (χ1) is 8.29. The fourth-order valence-corrected chi connectivity index (χ4v) is 1.95. The number of rotatable bonds is 4. The molecule has 1 aromatic heterocycles. The van der Waals surface area contributed by atoms with Crippen molar-refractivity contribution in [2.24, 2.45) is 5.10 Å². The van der Waals surface area contributed by atoms with Crippen LogP contribution in [0, 0.1) is 0 Å². The summed E-state index contributed by atoms with van der Waals surface area (Å²) in [5.74, 6) is 0. The molecule has 0 spiro atoms. The second-order valence-electron chi connectivity index (χ2n) is 3.72. The van der Waals surface area contributed by atoms with Crippen LogP contribution in [0.5, 0.6) is 0 Å². The van der Waals surface area contributed by atoms with Crippen molar-refractivity contribution in [3.05, 3.63) is 35.7 Å². The molecule has 3 nitrogen and oxygen atoms in total. The molecular weight excluding hydrogens is 230 g/mol. The maximum atomic E-state index is 4.49. The van der Waals surface area contributed by atoms with Gasteiger partial charge in [0.05, 0.1) is 5.69 Å². The highest BCUT2D eigenvalue weighted by Crippen LogP contribution is 2.24. The third-order valence-electron chi connectivity index (χ3n) is 2.43. The van der Waals surface area contributed by atoms with E-state index < -0.39 is 0 Å². The number of hydrogen-bond donors (Lipinski definition) is 1. The zero-order valence-electron chi connectivity index (χ0n) is 9.97. The quantitative estimate of drug-likeness (QED) is 0.652. The highest BCUT2D eigenvalue weighted by Gasteiger charge is 2.02. The van der Waals surface area contributed by atoms with E-state index in [2.05, 4.69) is 34.6 Å². The van der Waals surface area contributed by atoms with E-state index in [0.717, 1.165) is 28.5 Å². The van der Waals surface area contributed by atoms with Gasteiger partial charge in [0.25, 0.3) is 0 Å². The van der Waals surface area contributed by atoms with Crippen molar-refractivity contribution in [1.82, 2.24) is 4.98 Å². The van der Waals surface area contributed by atoms with Gasteiger partial charge in [-0.1, -0.05) is 37.3 Å². The molecular formula is C13H15N3S. The van der Waals surface area contributed by atoms with E-state index in [4.69, 9.17) is 0 Å². The molecule has 1 heterocycles. The second kappa shape index (κ2) is 5.59. The van der Waals surface area contributed by atoms with Crippen LogP contribution in [0.4, 0.5) is 5.13 Å². The molecule has 0 bridgehead atoms. The molecule has 0 fully saturated rings. The maximum absolute atomic E-state index is 4.49. The largest absolute Gasteiger partial charge is 0.253 e. The fourth-order valence-electron chi connectivity index (χ4n) is 1.29. The molecule has 0 amide bonds. The number of aromatic nitrogens is 1. The third kappa shape index (κ3) is 3.14. The minimum absolute atomic E-state index is 0.830. The predicted octanol–water partition coefficient (Wildman–Crippen LogP) is 4.01. The highest BCUT2D eigenvalue weighted by atomic mass is 32.1. The van der Waals surface area contributed by atoms with Crippen molar-refractivity contribution >= 4 is 22.2 Å². The molecule has 2 aromatic rings. The molecule has 17 heavy (non-hydrogen) atoms. The maximum Gasteiger partial charge on any atom is 0.203 e. The molecule has 0 unspecified atom stereocenters. The Balaban J connectivity index is 2.12. The molecule has 1 N–H and O–H groups in total. The van der Waals surface area contributed by atoms with Crippen LogP contribution in [0.15, 0.2) is 40.8 Å². The lowest BCUT2D eigenvalue weighted by Gasteiger charge is -1.97. The van der Waals surface area contributed by atoms with Gasteiger partial charge in [0, 0.05) is 16.7 Å². The van der Waals surface area contributed by atoms with Crippen LogP contribution < -0.4 is 5.43 Å². The third-order valence-corrected chi connectivity index (χ3v) is 3.17. The Morgan fingerprint density at radius 1 is 1.35 bits per heavy atom. The summed E-state index contributed by atoms with van der Waals surface area (Å²) >= 11 is 1.57. The van der Waals surface area contributed by atoms with Gasteiger partial charge in [-0.05, 0) is 13.3 Å². The average Bonchev–Trinajstić information content (AvgIpc) is 2.86. The van der Waals surface area contributed by atoms with Gasteiger partial charge in [0.15, 0.2) is 0 Å². The molecule has 1 aromatic carbocycles. The zero-order valence-corrected chi connectivity index (χ0v) is 10.8. The van der Waals surface area contributed by atoms with Gasteiger partial charge < -0.3 is 0 Å². The lowest BCUT2D eigenvalue weighted by Crippen LogP contribution is -1.95. The molecule has 0 saturated heterocycles. The number of anilines is 1. The summed E-state index contributed by atoms with van der Waals surface area (Å²) in [6.45, 7) is 4.08. The first kappa shape index (κ1) is 11.8. The molecule has 2 rings (SSSR count). The van der Waals surface area contributed by atoms with Crippen molar-refractivity contribution < 1.29 is 0 Å². The number of nitrogens with one attached hydrogen (secondary N) is 1. The topological polar surface area (TPSA) is 37.3 Å². The van der Waals surface area contributed by atoms with Crippen molar-refractivity contribution in [1.29, 1.82) is 0 Å². The zero-order chi connectivity index (χ0) is 12.1. The van der Waals surface area contributed by atoms with Crippen molar-refractivity contribution in [3.63, 3.8) is 0 Å². The number of nitrogens with zero attached hydrogens (tertiary/aromatic N) is 2. The summed E-state index contributed by atoms with van der Waals surface area (Å²) in [5, 5.41) is 7.10. The molecule has 0 atom stereocenters. The fraction of sp³-hybridized carbons (Fsp3) is 0.231. The van der Waals surface area contributed by atoms with Gasteiger partial charge in [-0.25, -0.2) is 4.98 Å². The van der Waals surface area contributed by atoms with E-state index in [1.807, 2.05) is 30.5 Å². The average molecular weight is 245 g/mol. The van der Waals surface area contributed by atoms with Crippen molar-refractivity contribution in [2.75, 3.05) is 5.43 Å². The van der Waals surface area contributed by atoms with E-state index in [0.29, 0.717) is 0 Å². The molecule has 0 aliphatic rings. The SMILES string of the molecule is CC/C(C)=N\Nc1nc(-c2ccccc2)cs1. The molecule has 0 aliphatic carbocycles. The molecule has 0 aliphatic heterocycles. The van der Waals surface area contributed by atoms with Gasteiger partial charge in [-0.3, -0.25) is 5.43 Å². The van der Waals surface area contributed by atoms with E-state index in [1.165, 1.54) is 0 Å². The van der Waals surface area contributed by atoms with Gasteiger partial charge >= 0.3 is 0 Å². The van der Waals surface area contributed by atoms with Gasteiger partial charge in [0.1, 0.15) is 0 Å². The van der Waals surface area contributed by atoms with E-state index in [9.17, 15) is 0 Å². The normalized spacial score (nSPS) is 11.5. The summed E-state index contributed by atoms with van der Waals surface area (Å²) in [5.41, 5.74) is 6.17. The van der Waals surface area contributed by atoms with Crippen molar-refractivity contribution in [3.8, 4) is 11.3 Å². The van der Waals surface area contributed by atoms with Gasteiger partial charge in [-0.15, -0.1) is 11.3 Å². The summed E-state index contributed by atoms with van der Waals surface area (Å²) in [4.78, 5) is 4.49. The van der Waals surface area contributed by atoms with Crippen LogP contribution in [0.1, 0.15) is 20.3 Å². The molecule has 0 saturated carbocycles. The lowest BCUT2D eigenvalue weighted by molar-refractivity contribution is 1.20. The van der Waals surface area contributed by atoms with Gasteiger partial charge in [-0.2, -0.15) is 5.10 Å². The van der Waals surface area contributed by atoms with E-state index in [1.54, 1.807) is 11.3 Å². The van der Waals surface area contributed by atoms with E-state index in [-0.39, 0.29) is 0 Å². The Kier molecular flexibility index (Phi) is 3.88. The molecule has 0 radical (unpaired) electrons. The van der Waals surface area contributed by atoms with Crippen molar-refractivity contribution in [2.45, 2.75) is 20.3 Å². The van der Waals surface area contributed by atoms with Crippen LogP contribution in [-0.4, -0.2) is 10.7 Å². The first-order valence-electron chi connectivity index (χ1n) is 5.59. The summed E-state index contributed by atoms with van der Waals surface area (Å²) in [6, 6.07) is 10.1. The van der Waals surface area contributed by atoms with Crippen LogP contribution in [0.25, 0.3) is 11.3 Å². The Morgan fingerprint density at radius 3 is 2.82 bits per heavy atom. The summed E-state index contributed by atoms with van der Waals surface area (Å²) in [6.07, 6.45) is 0.948. The Labute approximate surface area is 105 Å². The van der Waals surface area contributed by atoms with Crippen LogP contribution in [0.3, 0.4) is 0 Å². The standard InChI is InChI=1S/C13H15N3S/c1-3-10(2)15-16-13-14-12(9-17-13)11-7-5-4-6-8-11/h4-9H,3H2,1-2H3,(H,14,16)/b15-10-. The number of benzene rings is 1. The summed E-state index contributed by atoms with van der Waals surface area (Å²) < 4.78 is 0. The monoisotopic (exact) mass is 245 g/mol. The van der Waals surface area contributed by atoms with E-state index >= 15 is 0 Å². The predicted molar refractivity (Wildman–Crippen MR) is 74.6 cm³/mol. The summed E-state index contributed by atoms with van der Waals surface area (Å²) in [7, 11) is 0. The Morgan fingerprint density at radius 2 is 2.12 bits per heavy atom. The number of hydrazone groups is 1. The number of hydrogen-bond acceptors (Lipinski definition) is 4.